The molecule has 4 heteroatoms. The van der Waals surface area contributed by atoms with E-state index in [0.29, 0.717) is 11.8 Å². The van der Waals surface area contributed by atoms with Crippen LogP contribution in [0, 0.1) is 11.8 Å². The molecule has 1 aliphatic rings. The van der Waals surface area contributed by atoms with E-state index < -0.39 is 0 Å². The minimum atomic E-state index is 0.461. The van der Waals surface area contributed by atoms with Gasteiger partial charge >= 0.3 is 0 Å². The van der Waals surface area contributed by atoms with Gasteiger partial charge in [-0.3, -0.25) is 0 Å². The van der Waals surface area contributed by atoms with Gasteiger partial charge in [-0.2, -0.15) is 0 Å². The molecule has 102 valence electrons. The quantitative estimate of drug-likeness (QED) is 0.736. The van der Waals surface area contributed by atoms with Gasteiger partial charge in [0.25, 0.3) is 0 Å². The van der Waals surface area contributed by atoms with Crippen LogP contribution in [0.15, 0.2) is 0 Å². The van der Waals surface area contributed by atoms with Crippen molar-refractivity contribution in [1.82, 2.24) is 14.8 Å². The largest absolute Gasteiger partial charge is 0.314 e. The minimum Gasteiger partial charge on any atom is -0.314 e. The lowest BCUT2D eigenvalue weighted by Crippen LogP contribution is -2.12. The third kappa shape index (κ3) is 3.47. The lowest BCUT2D eigenvalue weighted by Gasteiger charge is -2.13. The summed E-state index contributed by atoms with van der Waals surface area (Å²) in [4.78, 5) is 0. The fraction of sp³-hybridized carbons (Fsp3) is 0.857. The van der Waals surface area contributed by atoms with Gasteiger partial charge in [-0.25, -0.2) is 0 Å². The lowest BCUT2D eigenvalue weighted by atomic mass is 10.0. The Hall–Kier alpha value is -0.570. The van der Waals surface area contributed by atoms with E-state index in [9.17, 15) is 0 Å². The highest BCUT2D eigenvalue weighted by Crippen LogP contribution is 2.28. The van der Waals surface area contributed by atoms with E-state index >= 15 is 0 Å². The predicted octanol–water partition coefficient (Wildman–Crippen LogP) is 3.80. The Balaban J connectivity index is 1.99. The lowest BCUT2D eigenvalue weighted by molar-refractivity contribution is 0.463. The maximum absolute atomic E-state index is 5.93. The average molecular weight is 270 g/mol. The molecule has 3 nitrogen and oxygen atoms in total. The minimum absolute atomic E-state index is 0.461. The third-order valence-electron chi connectivity index (χ3n) is 3.82. The van der Waals surface area contributed by atoms with Gasteiger partial charge in [0, 0.05) is 13.0 Å². The van der Waals surface area contributed by atoms with Crippen molar-refractivity contribution >= 4 is 11.6 Å². The molecule has 1 aromatic heterocycles. The van der Waals surface area contributed by atoms with Crippen LogP contribution in [-0.2, 0) is 18.8 Å². The molecule has 1 saturated carbocycles. The molecule has 0 spiro atoms. The molecule has 0 atom stereocenters. The van der Waals surface area contributed by atoms with Crippen molar-refractivity contribution in [2.24, 2.45) is 11.8 Å². The fourth-order valence-electron chi connectivity index (χ4n) is 2.86. The first-order chi connectivity index (χ1) is 8.70. The molecule has 0 unspecified atom stereocenters. The second-order valence-electron chi connectivity index (χ2n) is 5.86. The second-order valence-corrected chi connectivity index (χ2v) is 6.13. The summed E-state index contributed by atoms with van der Waals surface area (Å²) in [5.41, 5.74) is 0. The molecule has 1 aliphatic carbocycles. The van der Waals surface area contributed by atoms with Gasteiger partial charge in [0.2, 0.25) is 0 Å². The van der Waals surface area contributed by atoms with Crippen LogP contribution in [0.1, 0.15) is 57.6 Å². The Morgan fingerprint density at radius 1 is 1.22 bits per heavy atom. The summed E-state index contributed by atoms with van der Waals surface area (Å²) in [7, 11) is 0. The van der Waals surface area contributed by atoms with E-state index in [2.05, 4.69) is 28.6 Å². The summed E-state index contributed by atoms with van der Waals surface area (Å²) in [6, 6.07) is 0. The molecule has 0 aromatic carbocycles. The van der Waals surface area contributed by atoms with Gasteiger partial charge in [0.15, 0.2) is 0 Å². The van der Waals surface area contributed by atoms with Crippen LogP contribution in [0.2, 0.25) is 0 Å². The number of nitrogens with zero attached hydrogens (tertiary/aromatic N) is 3. The Morgan fingerprint density at radius 2 is 1.89 bits per heavy atom. The molecule has 0 amide bonds. The number of hydrogen-bond donors (Lipinski definition) is 0. The predicted molar refractivity (Wildman–Crippen MR) is 74.7 cm³/mol. The Kier molecular flexibility index (Phi) is 5.04. The molecular weight excluding hydrogens is 246 g/mol. The van der Waals surface area contributed by atoms with Crippen molar-refractivity contribution < 1.29 is 0 Å². The Labute approximate surface area is 115 Å². The summed E-state index contributed by atoms with van der Waals surface area (Å²) < 4.78 is 2.23. The van der Waals surface area contributed by atoms with Crippen LogP contribution < -0.4 is 0 Å². The molecule has 0 N–H and O–H groups in total. The molecule has 0 saturated heterocycles. The van der Waals surface area contributed by atoms with E-state index in [-0.39, 0.29) is 0 Å². The highest BCUT2D eigenvalue weighted by Gasteiger charge is 2.17. The molecule has 2 rings (SSSR count). The van der Waals surface area contributed by atoms with E-state index in [1.54, 1.807) is 0 Å². The molecule has 18 heavy (non-hydrogen) atoms. The van der Waals surface area contributed by atoms with Crippen molar-refractivity contribution in [3.63, 3.8) is 0 Å². The highest BCUT2D eigenvalue weighted by atomic mass is 35.5. The van der Waals surface area contributed by atoms with Crippen molar-refractivity contribution in [3.05, 3.63) is 11.6 Å². The first-order valence-corrected chi connectivity index (χ1v) is 7.71. The Bertz CT molecular complexity index is 367. The van der Waals surface area contributed by atoms with Gasteiger partial charge in [0.1, 0.15) is 11.6 Å². The zero-order chi connectivity index (χ0) is 13.0. The van der Waals surface area contributed by atoms with Gasteiger partial charge < -0.3 is 4.57 Å². The van der Waals surface area contributed by atoms with Crippen molar-refractivity contribution in [2.45, 2.75) is 64.8 Å². The Morgan fingerprint density at radius 3 is 2.50 bits per heavy atom. The molecule has 1 heterocycles. The van der Waals surface area contributed by atoms with Gasteiger partial charge in [-0.05, 0) is 18.3 Å². The summed E-state index contributed by atoms with van der Waals surface area (Å²) in [5.74, 6) is 4.03. The number of hydrogen-bond acceptors (Lipinski definition) is 2. The van der Waals surface area contributed by atoms with Crippen LogP contribution in [0.5, 0.6) is 0 Å². The number of aryl methyl sites for hydroxylation is 1. The normalized spacial score (nSPS) is 16.9. The van der Waals surface area contributed by atoms with Crippen LogP contribution in [0.25, 0.3) is 0 Å². The fourth-order valence-corrected chi connectivity index (χ4v) is 3.06. The van der Waals surface area contributed by atoms with E-state index in [4.69, 9.17) is 11.6 Å². The first kappa shape index (κ1) is 13.9. The smallest absolute Gasteiger partial charge is 0.147 e. The van der Waals surface area contributed by atoms with Crippen molar-refractivity contribution in [1.29, 1.82) is 0 Å². The SMILES string of the molecule is CC(C)Cn1c(CCl)nnc1CCC1CCCC1. The molecule has 0 bridgehead atoms. The first-order valence-electron chi connectivity index (χ1n) is 7.17. The zero-order valence-corrected chi connectivity index (χ0v) is 12.3. The van der Waals surface area contributed by atoms with Gasteiger partial charge in [-0.1, -0.05) is 39.5 Å². The summed E-state index contributed by atoms with van der Waals surface area (Å²) >= 11 is 5.93. The number of halogens is 1. The molecule has 1 aromatic rings. The van der Waals surface area contributed by atoms with E-state index in [1.165, 1.54) is 32.1 Å². The molecular formula is C14H24ClN3. The van der Waals surface area contributed by atoms with Crippen molar-refractivity contribution in [2.75, 3.05) is 0 Å². The maximum Gasteiger partial charge on any atom is 0.147 e. The molecule has 0 radical (unpaired) electrons. The van der Waals surface area contributed by atoms with E-state index in [0.717, 1.165) is 30.5 Å². The van der Waals surface area contributed by atoms with Crippen LogP contribution in [-0.4, -0.2) is 14.8 Å². The number of rotatable bonds is 6. The zero-order valence-electron chi connectivity index (χ0n) is 11.5. The van der Waals surface area contributed by atoms with Gasteiger partial charge in [0.05, 0.1) is 5.88 Å². The summed E-state index contributed by atoms with van der Waals surface area (Å²) in [5, 5.41) is 8.54. The second kappa shape index (κ2) is 6.55. The summed E-state index contributed by atoms with van der Waals surface area (Å²) in [6.45, 7) is 5.42. The van der Waals surface area contributed by atoms with Gasteiger partial charge in [-0.15, -0.1) is 21.8 Å². The average Bonchev–Trinajstić information content (AvgIpc) is 2.95. The number of alkyl halides is 1. The van der Waals surface area contributed by atoms with Crippen LogP contribution >= 0.6 is 11.6 Å². The standard InChI is InChI=1S/C14H24ClN3/c1-11(2)10-18-13(16-17-14(18)9-15)8-7-12-5-3-4-6-12/h11-12H,3-10H2,1-2H3. The van der Waals surface area contributed by atoms with Crippen molar-refractivity contribution in [3.8, 4) is 0 Å². The topological polar surface area (TPSA) is 30.7 Å². The summed E-state index contributed by atoms with van der Waals surface area (Å²) in [6.07, 6.45) is 7.95. The molecule has 0 aliphatic heterocycles. The highest BCUT2D eigenvalue weighted by molar-refractivity contribution is 6.16. The maximum atomic E-state index is 5.93. The van der Waals surface area contributed by atoms with Crippen LogP contribution in [0.3, 0.4) is 0 Å². The third-order valence-corrected chi connectivity index (χ3v) is 4.06. The van der Waals surface area contributed by atoms with E-state index in [1.807, 2.05) is 0 Å². The number of aromatic nitrogens is 3. The molecule has 1 fully saturated rings. The monoisotopic (exact) mass is 269 g/mol. The van der Waals surface area contributed by atoms with Crippen LogP contribution in [0.4, 0.5) is 0 Å².